The molecule has 0 aromatic heterocycles. The predicted molar refractivity (Wildman–Crippen MR) is 139 cm³/mol. The van der Waals surface area contributed by atoms with Gasteiger partial charge in [-0.2, -0.15) is 12.6 Å². The maximum atomic E-state index is 12.7. The summed E-state index contributed by atoms with van der Waals surface area (Å²) in [5.41, 5.74) is 2.68. The number of thiol groups is 1. The molecule has 184 valence electrons. The Bertz CT molecular complexity index is 1020. The number of carboxylic acid groups (broad SMARTS) is 1. The number of carbonyl (C=O) groups is 2. The maximum absolute atomic E-state index is 12.7. The molecular formula is C24H30ClN3O5S. The minimum absolute atomic E-state index is 0. The molecule has 1 aliphatic rings. The number of rotatable bonds is 8. The lowest BCUT2D eigenvalue weighted by Gasteiger charge is -2.28. The highest BCUT2D eigenvalue weighted by Gasteiger charge is 2.28. The Morgan fingerprint density at radius 3 is 2.53 bits per heavy atom. The van der Waals surface area contributed by atoms with Crippen molar-refractivity contribution in [2.75, 3.05) is 31.1 Å². The Hall–Kier alpha value is -2.91. The van der Waals surface area contributed by atoms with Crippen LogP contribution in [-0.4, -0.2) is 59.1 Å². The molecule has 0 spiro atoms. The lowest BCUT2D eigenvalue weighted by molar-refractivity contribution is 0.121. The third-order valence-corrected chi connectivity index (χ3v) is 5.29. The summed E-state index contributed by atoms with van der Waals surface area (Å²) < 4.78 is 10.1. The van der Waals surface area contributed by atoms with Crippen molar-refractivity contribution < 1.29 is 24.2 Å². The summed E-state index contributed by atoms with van der Waals surface area (Å²) in [4.78, 5) is 31.7. The van der Waals surface area contributed by atoms with Crippen molar-refractivity contribution in [3.05, 3.63) is 54.1 Å². The average molecular weight is 508 g/mol. The molecule has 10 heteroatoms. The van der Waals surface area contributed by atoms with Gasteiger partial charge in [0, 0.05) is 22.2 Å². The molecule has 2 aromatic rings. The van der Waals surface area contributed by atoms with Crippen LogP contribution in [-0.2, 0) is 4.74 Å². The fourth-order valence-corrected chi connectivity index (χ4v) is 3.40. The van der Waals surface area contributed by atoms with Crippen molar-refractivity contribution in [2.45, 2.75) is 31.9 Å². The Labute approximate surface area is 211 Å². The number of ether oxygens (including phenoxy) is 2. The third-order valence-electron chi connectivity index (χ3n) is 5.07. The van der Waals surface area contributed by atoms with Gasteiger partial charge in [-0.25, -0.2) is 9.59 Å². The summed E-state index contributed by atoms with van der Waals surface area (Å²) in [5.74, 6) is 0.784. The smallest absolute Gasteiger partial charge is 0.449 e. The first-order valence-corrected chi connectivity index (χ1v) is 11.1. The van der Waals surface area contributed by atoms with E-state index in [0.717, 1.165) is 11.3 Å². The zero-order valence-corrected chi connectivity index (χ0v) is 21.1. The molecule has 0 unspecified atom stereocenters. The number of aliphatic imine (C=N–C) groups is 1. The zero-order chi connectivity index (χ0) is 24.0. The van der Waals surface area contributed by atoms with E-state index < -0.39 is 12.2 Å². The second kappa shape index (κ2) is 12.0. The topological polar surface area (TPSA) is 91.7 Å². The summed E-state index contributed by atoms with van der Waals surface area (Å²) in [6, 6.07) is 14.7. The van der Waals surface area contributed by atoms with Crippen LogP contribution < -0.4 is 9.64 Å². The summed E-state index contributed by atoms with van der Waals surface area (Å²) in [6.45, 7) is 7.44. The highest BCUT2D eigenvalue weighted by molar-refractivity contribution is 7.81. The molecule has 1 heterocycles. The number of amidine groups is 1. The first kappa shape index (κ1) is 27.3. The number of anilines is 2. The number of benzene rings is 2. The van der Waals surface area contributed by atoms with Gasteiger partial charge in [0.25, 0.3) is 0 Å². The zero-order valence-electron chi connectivity index (χ0n) is 19.4. The average Bonchev–Trinajstić information content (AvgIpc) is 3.20. The largest absolute Gasteiger partial charge is 0.511 e. The number of halogens is 1. The summed E-state index contributed by atoms with van der Waals surface area (Å²) >= 11 is 4.46. The van der Waals surface area contributed by atoms with Gasteiger partial charge in [-0.05, 0) is 37.6 Å². The number of carbonyl (C=O) groups excluding carboxylic acids is 1. The van der Waals surface area contributed by atoms with Gasteiger partial charge in [0.15, 0.2) is 0 Å². The van der Waals surface area contributed by atoms with Crippen molar-refractivity contribution in [1.29, 1.82) is 0 Å². The van der Waals surface area contributed by atoms with E-state index in [-0.39, 0.29) is 29.5 Å². The minimum Gasteiger partial charge on any atom is -0.449 e. The van der Waals surface area contributed by atoms with Crippen LogP contribution in [0.15, 0.2) is 53.5 Å². The quantitative estimate of drug-likeness (QED) is 0.276. The van der Waals surface area contributed by atoms with Crippen LogP contribution in [0.1, 0.15) is 25.8 Å². The lowest BCUT2D eigenvalue weighted by atomic mass is 10.1. The van der Waals surface area contributed by atoms with E-state index in [4.69, 9.17) is 14.6 Å². The molecule has 0 radical (unpaired) electrons. The van der Waals surface area contributed by atoms with Crippen LogP contribution in [0, 0.1) is 6.92 Å². The Kier molecular flexibility index (Phi) is 9.64. The van der Waals surface area contributed by atoms with Crippen LogP contribution in [0.25, 0.3) is 0 Å². The van der Waals surface area contributed by atoms with Crippen molar-refractivity contribution in [3.63, 3.8) is 0 Å². The fourth-order valence-electron chi connectivity index (χ4n) is 3.30. The number of hydrogen-bond donors (Lipinski definition) is 2. The van der Waals surface area contributed by atoms with E-state index >= 15 is 0 Å². The van der Waals surface area contributed by atoms with Crippen LogP contribution in [0.2, 0.25) is 0 Å². The number of aryl methyl sites for hydroxylation is 1. The standard InChI is InChI=1S/C24H29N3O5S.ClH/c1-17-7-9-18(10-8-17)27(19-5-4-6-20(15-19)32-23(29)30)16-21-25-12-13-26(21)22(28)31-14-11-24(2,3)33;/h4-10,15,33H,11-14,16H2,1-3H3,(H,29,30);1H. The van der Waals surface area contributed by atoms with Gasteiger partial charge in [-0.1, -0.05) is 37.6 Å². The van der Waals surface area contributed by atoms with Gasteiger partial charge in [-0.3, -0.25) is 9.89 Å². The Balaban J connectivity index is 0.00000408. The van der Waals surface area contributed by atoms with Crippen LogP contribution in [0.5, 0.6) is 5.75 Å². The monoisotopic (exact) mass is 507 g/mol. The first-order valence-electron chi connectivity index (χ1n) is 10.7. The summed E-state index contributed by atoms with van der Waals surface area (Å²) in [7, 11) is 0. The van der Waals surface area contributed by atoms with E-state index in [0.29, 0.717) is 37.6 Å². The van der Waals surface area contributed by atoms with E-state index in [1.165, 1.54) is 0 Å². The second-order valence-electron chi connectivity index (χ2n) is 8.41. The molecule has 0 fully saturated rings. The SMILES string of the molecule is Cc1ccc(N(CC2=NCCN2C(=O)OCCC(C)(C)S)c2cccc(OC(=O)O)c2)cc1.Cl. The van der Waals surface area contributed by atoms with Gasteiger partial charge in [0.2, 0.25) is 0 Å². The number of nitrogens with zero attached hydrogens (tertiary/aromatic N) is 3. The van der Waals surface area contributed by atoms with Gasteiger partial charge >= 0.3 is 12.2 Å². The Morgan fingerprint density at radius 1 is 1.18 bits per heavy atom. The molecule has 1 aliphatic heterocycles. The third kappa shape index (κ3) is 7.85. The molecule has 3 rings (SSSR count). The van der Waals surface area contributed by atoms with Crippen LogP contribution in [0.3, 0.4) is 0 Å². The molecule has 1 N–H and O–H groups in total. The van der Waals surface area contributed by atoms with Crippen molar-refractivity contribution in [3.8, 4) is 5.75 Å². The molecule has 0 bridgehead atoms. The molecule has 0 atom stereocenters. The molecular weight excluding hydrogens is 478 g/mol. The van der Waals surface area contributed by atoms with E-state index in [2.05, 4.69) is 17.6 Å². The first-order chi connectivity index (χ1) is 15.6. The van der Waals surface area contributed by atoms with Crippen molar-refractivity contribution in [2.24, 2.45) is 4.99 Å². The molecule has 2 aromatic carbocycles. The Morgan fingerprint density at radius 2 is 1.88 bits per heavy atom. The molecule has 8 nitrogen and oxygen atoms in total. The number of hydrogen-bond acceptors (Lipinski definition) is 7. The van der Waals surface area contributed by atoms with Gasteiger partial charge < -0.3 is 19.5 Å². The molecule has 34 heavy (non-hydrogen) atoms. The molecule has 0 saturated carbocycles. The van der Waals surface area contributed by atoms with Gasteiger partial charge in [0.05, 0.1) is 26.2 Å². The summed E-state index contributed by atoms with van der Waals surface area (Å²) in [6.07, 6.45) is -1.18. The van der Waals surface area contributed by atoms with E-state index in [1.807, 2.05) is 56.0 Å². The second-order valence-corrected chi connectivity index (χ2v) is 9.62. The van der Waals surface area contributed by atoms with Crippen LogP contribution >= 0.6 is 25.0 Å². The maximum Gasteiger partial charge on any atom is 0.511 e. The highest BCUT2D eigenvalue weighted by atomic mass is 35.5. The van der Waals surface area contributed by atoms with E-state index in [9.17, 15) is 9.59 Å². The molecule has 0 aliphatic carbocycles. The van der Waals surface area contributed by atoms with Gasteiger partial charge in [0.1, 0.15) is 11.6 Å². The fraction of sp³-hybridized carbons (Fsp3) is 0.375. The van der Waals surface area contributed by atoms with Crippen molar-refractivity contribution in [1.82, 2.24) is 4.90 Å². The van der Waals surface area contributed by atoms with Crippen LogP contribution in [0.4, 0.5) is 21.0 Å². The molecule has 0 saturated heterocycles. The minimum atomic E-state index is -1.38. The number of amides is 1. The van der Waals surface area contributed by atoms with E-state index in [1.54, 1.807) is 23.1 Å². The normalized spacial score (nSPS) is 13.1. The highest BCUT2D eigenvalue weighted by Crippen LogP contribution is 2.29. The van der Waals surface area contributed by atoms with Crippen molar-refractivity contribution >= 4 is 54.5 Å². The molecule has 1 amide bonds. The summed E-state index contributed by atoms with van der Waals surface area (Å²) in [5, 5.41) is 8.97. The predicted octanol–water partition coefficient (Wildman–Crippen LogP) is 5.56. The lowest BCUT2D eigenvalue weighted by Crippen LogP contribution is -2.41. The van der Waals surface area contributed by atoms with Gasteiger partial charge in [-0.15, -0.1) is 12.4 Å².